The summed E-state index contributed by atoms with van der Waals surface area (Å²) in [6, 6.07) is -0.266. The van der Waals surface area contributed by atoms with Gasteiger partial charge in [-0.1, -0.05) is 41.5 Å². The normalized spacial score (nSPS) is 13.7. The van der Waals surface area contributed by atoms with Crippen LogP contribution in [-0.2, 0) is 9.59 Å². The third kappa shape index (κ3) is 10.8. The SMILES string of the molecule is CCCN[C@H](C(=O)NCCCCNC(=O)[C@@H](NCCC)C(C)C)C(C)C. The van der Waals surface area contributed by atoms with Crippen molar-refractivity contribution in [3.63, 3.8) is 0 Å². The molecule has 6 nitrogen and oxygen atoms in total. The Balaban J connectivity index is 4.00. The van der Waals surface area contributed by atoms with Gasteiger partial charge in [0, 0.05) is 13.1 Å². The van der Waals surface area contributed by atoms with Crippen LogP contribution in [0.25, 0.3) is 0 Å². The van der Waals surface area contributed by atoms with Crippen molar-refractivity contribution in [1.82, 2.24) is 21.3 Å². The Hall–Kier alpha value is -1.14. The topological polar surface area (TPSA) is 82.3 Å². The van der Waals surface area contributed by atoms with E-state index in [4.69, 9.17) is 0 Å². The number of amides is 2. The molecular weight excluding hydrogens is 328 g/mol. The number of nitrogens with one attached hydrogen (secondary N) is 4. The molecule has 0 fully saturated rings. The van der Waals surface area contributed by atoms with Gasteiger partial charge in [-0.05, 0) is 50.6 Å². The highest BCUT2D eigenvalue weighted by molar-refractivity contribution is 5.82. The molecule has 0 aromatic heterocycles. The third-order valence-corrected chi connectivity index (χ3v) is 4.33. The van der Waals surface area contributed by atoms with Gasteiger partial charge in [-0.3, -0.25) is 9.59 Å². The van der Waals surface area contributed by atoms with Crippen molar-refractivity contribution in [1.29, 1.82) is 0 Å². The van der Waals surface area contributed by atoms with Crippen LogP contribution in [0.1, 0.15) is 67.2 Å². The van der Waals surface area contributed by atoms with Gasteiger partial charge in [0.05, 0.1) is 12.1 Å². The standard InChI is InChI=1S/C20H42N4O2/c1-7-11-21-17(15(3)4)19(25)23-13-9-10-14-24-20(26)18(16(5)6)22-12-8-2/h15-18,21-22H,7-14H2,1-6H3,(H,23,25)(H,24,26)/t17-,18-/m0/s1. The molecule has 0 rings (SSSR count). The van der Waals surface area contributed by atoms with Crippen LogP contribution >= 0.6 is 0 Å². The minimum absolute atomic E-state index is 0.0705. The Morgan fingerprint density at radius 3 is 1.27 bits per heavy atom. The number of carbonyl (C=O) groups is 2. The summed E-state index contributed by atoms with van der Waals surface area (Å²) in [4.78, 5) is 24.5. The maximum Gasteiger partial charge on any atom is 0.237 e. The average Bonchev–Trinajstić information content (AvgIpc) is 2.58. The van der Waals surface area contributed by atoms with E-state index in [0.29, 0.717) is 13.1 Å². The van der Waals surface area contributed by atoms with Crippen LogP contribution in [0, 0.1) is 11.8 Å². The Morgan fingerprint density at radius 1 is 0.654 bits per heavy atom. The smallest absolute Gasteiger partial charge is 0.237 e. The molecule has 0 radical (unpaired) electrons. The summed E-state index contributed by atoms with van der Waals surface area (Å²) < 4.78 is 0. The molecule has 154 valence electrons. The van der Waals surface area contributed by atoms with E-state index in [0.717, 1.165) is 38.8 Å². The summed E-state index contributed by atoms with van der Waals surface area (Å²) >= 11 is 0. The van der Waals surface area contributed by atoms with E-state index in [9.17, 15) is 9.59 Å². The highest BCUT2D eigenvalue weighted by atomic mass is 16.2. The summed E-state index contributed by atoms with van der Waals surface area (Å²) in [6.07, 6.45) is 3.75. The summed E-state index contributed by atoms with van der Waals surface area (Å²) in [5.41, 5.74) is 0. The average molecular weight is 371 g/mol. The van der Waals surface area contributed by atoms with Crippen LogP contribution in [0.15, 0.2) is 0 Å². The third-order valence-electron chi connectivity index (χ3n) is 4.33. The van der Waals surface area contributed by atoms with E-state index in [1.54, 1.807) is 0 Å². The molecule has 0 aliphatic carbocycles. The molecule has 0 aliphatic rings. The van der Waals surface area contributed by atoms with E-state index in [1.807, 2.05) is 0 Å². The van der Waals surface area contributed by atoms with Gasteiger partial charge >= 0.3 is 0 Å². The summed E-state index contributed by atoms with van der Waals surface area (Å²) in [6.45, 7) is 15.4. The van der Waals surface area contributed by atoms with Crippen LogP contribution < -0.4 is 21.3 Å². The predicted octanol–water partition coefficient (Wildman–Crippen LogP) is 2.05. The molecule has 4 N–H and O–H groups in total. The van der Waals surface area contributed by atoms with E-state index < -0.39 is 0 Å². The molecule has 0 aromatic carbocycles. The van der Waals surface area contributed by atoms with Crippen molar-refractivity contribution in [2.45, 2.75) is 79.3 Å². The predicted molar refractivity (Wildman–Crippen MR) is 109 cm³/mol. The zero-order valence-electron chi connectivity index (χ0n) is 17.8. The molecule has 26 heavy (non-hydrogen) atoms. The van der Waals surface area contributed by atoms with Crippen LogP contribution in [0.5, 0.6) is 0 Å². The lowest BCUT2D eigenvalue weighted by Crippen LogP contribution is -2.48. The fourth-order valence-corrected chi connectivity index (χ4v) is 2.76. The van der Waals surface area contributed by atoms with E-state index >= 15 is 0 Å². The Morgan fingerprint density at radius 2 is 1.00 bits per heavy atom. The Kier molecular flexibility index (Phi) is 14.3. The highest BCUT2D eigenvalue weighted by Crippen LogP contribution is 2.03. The van der Waals surface area contributed by atoms with Crippen molar-refractivity contribution in [3.8, 4) is 0 Å². The highest BCUT2D eigenvalue weighted by Gasteiger charge is 2.21. The number of carbonyl (C=O) groups excluding carboxylic acids is 2. The monoisotopic (exact) mass is 370 g/mol. The molecule has 0 unspecified atom stereocenters. The molecule has 6 heteroatoms. The van der Waals surface area contributed by atoms with Crippen LogP contribution in [0.2, 0.25) is 0 Å². The molecule has 0 spiro atoms. The van der Waals surface area contributed by atoms with Crippen molar-refractivity contribution < 1.29 is 9.59 Å². The van der Waals surface area contributed by atoms with E-state index in [-0.39, 0.29) is 35.7 Å². The summed E-state index contributed by atoms with van der Waals surface area (Å²) in [5, 5.41) is 12.6. The Labute approximate surface area is 160 Å². The zero-order chi connectivity index (χ0) is 19.9. The second-order valence-electron chi connectivity index (χ2n) is 7.64. The van der Waals surface area contributed by atoms with Gasteiger partial charge in [0.1, 0.15) is 0 Å². The fourth-order valence-electron chi connectivity index (χ4n) is 2.76. The maximum absolute atomic E-state index is 12.2. The zero-order valence-corrected chi connectivity index (χ0v) is 17.8. The molecule has 0 bridgehead atoms. The molecular formula is C20H42N4O2. The molecule has 0 aliphatic heterocycles. The number of hydrogen-bond donors (Lipinski definition) is 4. The number of rotatable bonds is 15. The lowest BCUT2D eigenvalue weighted by Gasteiger charge is -2.22. The van der Waals surface area contributed by atoms with Crippen LogP contribution in [-0.4, -0.2) is 50.1 Å². The van der Waals surface area contributed by atoms with Gasteiger partial charge in [-0.15, -0.1) is 0 Å². The summed E-state index contributed by atoms with van der Waals surface area (Å²) in [7, 11) is 0. The van der Waals surface area contributed by atoms with Crippen molar-refractivity contribution >= 4 is 11.8 Å². The van der Waals surface area contributed by atoms with Gasteiger partial charge in [0.25, 0.3) is 0 Å². The van der Waals surface area contributed by atoms with Gasteiger partial charge in [-0.25, -0.2) is 0 Å². The quantitative estimate of drug-likeness (QED) is 0.333. The van der Waals surface area contributed by atoms with Gasteiger partial charge in [-0.2, -0.15) is 0 Å². The minimum Gasteiger partial charge on any atom is -0.355 e. The lowest BCUT2D eigenvalue weighted by atomic mass is 10.0. The number of hydrogen-bond acceptors (Lipinski definition) is 4. The molecule has 0 saturated carbocycles. The first-order valence-electron chi connectivity index (χ1n) is 10.4. The van der Waals surface area contributed by atoms with Crippen molar-refractivity contribution in [3.05, 3.63) is 0 Å². The van der Waals surface area contributed by atoms with Gasteiger partial charge < -0.3 is 21.3 Å². The largest absolute Gasteiger partial charge is 0.355 e. The minimum atomic E-state index is -0.133. The van der Waals surface area contributed by atoms with Crippen LogP contribution in [0.4, 0.5) is 0 Å². The second kappa shape index (κ2) is 15.0. The van der Waals surface area contributed by atoms with Crippen LogP contribution in [0.3, 0.4) is 0 Å². The Bertz CT molecular complexity index is 350. The fraction of sp³-hybridized carbons (Fsp3) is 0.900. The van der Waals surface area contributed by atoms with Crippen molar-refractivity contribution in [2.75, 3.05) is 26.2 Å². The molecule has 2 amide bonds. The lowest BCUT2D eigenvalue weighted by molar-refractivity contribution is -0.125. The van der Waals surface area contributed by atoms with Crippen molar-refractivity contribution in [2.24, 2.45) is 11.8 Å². The summed E-state index contributed by atoms with van der Waals surface area (Å²) in [5.74, 6) is 0.677. The van der Waals surface area contributed by atoms with E-state index in [2.05, 4.69) is 62.8 Å². The molecule has 0 heterocycles. The van der Waals surface area contributed by atoms with Gasteiger partial charge in [0.15, 0.2) is 0 Å². The maximum atomic E-state index is 12.2. The first kappa shape index (κ1) is 24.9. The van der Waals surface area contributed by atoms with E-state index in [1.165, 1.54) is 0 Å². The first-order chi connectivity index (χ1) is 12.3. The molecule has 2 atom stereocenters. The first-order valence-corrected chi connectivity index (χ1v) is 10.4. The number of unbranched alkanes of at least 4 members (excludes halogenated alkanes) is 1. The molecule has 0 saturated heterocycles. The second-order valence-corrected chi connectivity index (χ2v) is 7.64. The molecule has 0 aromatic rings. The van der Waals surface area contributed by atoms with Gasteiger partial charge in [0.2, 0.25) is 11.8 Å².